The van der Waals surface area contributed by atoms with E-state index in [4.69, 9.17) is 5.73 Å². The third-order valence-electron chi connectivity index (χ3n) is 3.88. The third kappa shape index (κ3) is 5.66. The van der Waals surface area contributed by atoms with E-state index in [-0.39, 0.29) is 42.7 Å². The Bertz CT molecular complexity index is 649. The molecule has 1 aromatic carbocycles. The number of halogens is 1. The molecule has 0 atom stereocenters. The number of piperazine rings is 1. The van der Waals surface area contributed by atoms with Crippen molar-refractivity contribution in [1.29, 1.82) is 0 Å². The first-order chi connectivity index (χ1) is 11.4. The number of nitrogens with zero attached hydrogens (tertiary/aromatic N) is 3. The van der Waals surface area contributed by atoms with Gasteiger partial charge in [-0.05, 0) is 13.1 Å². The summed E-state index contributed by atoms with van der Waals surface area (Å²) in [6.45, 7) is 3.28. The van der Waals surface area contributed by atoms with Gasteiger partial charge in [0.2, 0.25) is 11.8 Å². The summed E-state index contributed by atoms with van der Waals surface area (Å²) in [6.07, 6.45) is 0. The molecule has 1 heterocycles. The number of rotatable bonds is 6. The Labute approximate surface area is 151 Å². The van der Waals surface area contributed by atoms with E-state index in [1.807, 2.05) is 0 Å². The molecule has 0 aromatic heterocycles. The van der Waals surface area contributed by atoms with Crippen molar-refractivity contribution in [2.45, 2.75) is 6.54 Å². The minimum Gasteiger partial charge on any atom is -0.366 e. The van der Waals surface area contributed by atoms with Gasteiger partial charge in [0, 0.05) is 49.9 Å². The molecular formula is C15H22ClN5O4. The summed E-state index contributed by atoms with van der Waals surface area (Å²) in [5.74, 6) is -0.720. The quantitative estimate of drug-likeness (QED) is 0.535. The van der Waals surface area contributed by atoms with Crippen LogP contribution >= 0.6 is 12.4 Å². The molecule has 3 N–H and O–H groups in total. The fourth-order valence-corrected chi connectivity index (χ4v) is 2.61. The van der Waals surface area contributed by atoms with Crippen molar-refractivity contribution in [2.75, 3.05) is 39.8 Å². The topological polar surface area (TPSA) is 122 Å². The molecule has 25 heavy (non-hydrogen) atoms. The number of primary amides is 1. The molecule has 0 radical (unpaired) electrons. The molecule has 1 aliphatic heterocycles. The van der Waals surface area contributed by atoms with Gasteiger partial charge in [0.1, 0.15) is 0 Å². The van der Waals surface area contributed by atoms with Crippen molar-refractivity contribution in [3.63, 3.8) is 0 Å². The maximum atomic E-state index is 12.2. The van der Waals surface area contributed by atoms with Crippen LogP contribution in [0.1, 0.15) is 15.9 Å². The fourth-order valence-electron chi connectivity index (χ4n) is 2.61. The fraction of sp³-hybridized carbons (Fsp3) is 0.467. The number of nitro benzene ring substituents is 1. The van der Waals surface area contributed by atoms with Gasteiger partial charge in [-0.3, -0.25) is 24.6 Å². The van der Waals surface area contributed by atoms with E-state index in [1.165, 1.54) is 18.2 Å². The predicted molar refractivity (Wildman–Crippen MR) is 94.6 cm³/mol. The first kappa shape index (κ1) is 20.8. The Morgan fingerprint density at radius 3 is 2.56 bits per heavy atom. The summed E-state index contributed by atoms with van der Waals surface area (Å²) in [6, 6.07) is 4.13. The highest BCUT2D eigenvalue weighted by Gasteiger charge is 2.21. The minimum atomic E-state index is -0.716. The van der Waals surface area contributed by atoms with Crippen LogP contribution in [0.5, 0.6) is 0 Å². The SMILES string of the molecule is CN(CC(=O)N1CCNCC1)Cc1ccc(C(N)=O)cc1[N+](=O)[O-].Cl. The number of nitro groups is 1. The molecule has 0 bridgehead atoms. The number of amides is 2. The normalized spacial score (nSPS) is 14.1. The van der Waals surface area contributed by atoms with E-state index in [9.17, 15) is 19.7 Å². The van der Waals surface area contributed by atoms with Gasteiger partial charge in [-0.25, -0.2) is 0 Å². The van der Waals surface area contributed by atoms with Gasteiger partial charge in [-0.15, -0.1) is 12.4 Å². The van der Waals surface area contributed by atoms with Crippen molar-refractivity contribution in [3.05, 3.63) is 39.4 Å². The molecule has 2 rings (SSSR count). The summed E-state index contributed by atoms with van der Waals surface area (Å²) >= 11 is 0. The number of hydrogen-bond donors (Lipinski definition) is 2. The Morgan fingerprint density at radius 2 is 2.00 bits per heavy atom. The summed E-state index contributed by atoms with van der Waals surface area (Å²) in [5, 5.41) is 14.4. The molecular weight excluding hydrogens is 350 g/mol. The standard InChI is InChI=1S/C15H21N5O4.ClH/c1-18(10-14(21)19-6-4-17-5-7-19)9-12-3-2-11(15(16)22)8-13(12)20(23)24;/h2-3,8,17H,4-7,9-10H2,1H3,(H2,16,22);1H. The number of carbonyl (C=O) groups excluding carboxylic acids is 2. The van der Waals surface area contributed by atoms with Crippen LogP contribution in [0.4, 0.5) is 5.69 Å². The minimum absolute atomic E-state index is 0. The van der Waals surface area contributed by atoms with Crippen molar-refractivity contribution in [2.24, 2.45) is 5.73 Å². The van der Waals surface area contributed by atoms with Crippen LogP contribution in [0.2, 0.25) is 0 Å². The van der Waals surface area contributed by atoms with Crippen molar-refractivity contribution in [1.82, 2.24) is 15.1 Å². The van der Waals surface area contributed by atoms with Crippen LogP contribution in [-0.2, 0) is 11.3 Å². The summed E-state index contributed by atoms with van der Waals surface area (Å²) in [4.78, 5) is 37.5. The molecule has 0 saturated carbocycles. The zero-order valence-electron chi connectivity index (χ0n) is 13.9. The summed E-state index contributed by atoms with van der Waals surface area (Å²) in [7, 11) is 1.73. The van der Waals surface area contributed by atoms with E-state index in [2.05, 4.69) is 5.32 Å². The molecule has 1 aliphatic rings. The lowest BCUT2D eigenvalue weighted by Crippen LogP contribution is -2.49. The number of benzene rings is 1. The maximum absolute atomic E-state index is 12.2. The average Bonchev–Trinajstić information content (AvgIpc) is 2.55. The van der Waals surface area contributed by atoms with Crippen LogP contribution in [0.15, 0.2) is 18.2 Å². The van der Waals surface area contributed by atoms with Gasteiger partial charge in [-0.1, -0.05) is 6.07 Å². The van der Waals surface area contributed by atoms with Gasteiger partial charge in [0.15, 0.2) is 0 Å². The van der Waals surface area contributed by atoms with E-state index in [0.29, 0.717) is 18.7 Å². The van der Waals surface area contributed by atoms with Crippen LogP contribution in [0, 0.1) is 10.1 Å². The molecule has 0 spiro atoms. The Balaban J connectivity index is 0.00000312. The predicted octanol–water partition coefficient (Wildman–Crippen LogP) is -0.0209. The zero-order valence-corrected chi connectivity index (χ0v) is 14.8. The lowest BCUT2D eigenvalue weighted by atomic mass is 10.1. The van der Waals surface area contributed by atoms with Crippen LogP contribution in [0.25, 0.3) is 0 Å². The number of carbonyl (C=O) groups is 2. The summed E-state index contributed by atoms with van der Waals surface area (Å²) < 4.78 is 0. The zero-order chi connectivity index (χ0) is 17.7. The lowest BCUT2D eigenvalue weighted by molar-refractivity contribution is -0.385. The first-order valence-corrected chi connectivity index (χ1v) is 7.62. The first-order valence-electron chi connectivity index (χ1n) is 7.62. The van der Waals surface area contributed by atoms with Gasteiger partial charge < -0.3 is 16.0 Å². The van der Waals surface area contributed by atoms with Crippen LogP contribution in [0.3, 0.4) is 0 Å². The Hall–Kier alpha value is -2.23. The Morgan fingerprint density at radius 1 is 1.36 bits per heavy atom. The number of likely N-dealkylation sites (N-methyl/N-ethyl adjacent to an activating group) is 1. The second-order valence-electron chi connectivity index (χ2n) is 5.77. The second kappa shape index (κ2) is 9.30. The molecule has 0 aliphatic carbocycles. The van der Waals surface area contributed by atoms with Gasteiger partial charge >= 0.3 is 0 Å². The number of nitrogens with one attached hydrogen (secondary N) is 1. The highest BCUT2D eigenvalue weighted by atomic mass is 35.5. The maximum Gasteiger partial charge on any atom is 0.274 e. The smallest absolute Gasteiger partial charge is 0.274 e. The number of nitrogens with two attached hydrogens (primary N) is 1. The molecule has 1 fully saturated rings. The highest BCUT2D eigenvalue weighted by Crippen LogP contribution is 2.21. The lowest BCUT2D eigenvalue weighted by Gasteiger charge is -2.29. The highest BCUT2D eigenvalue weighted by molar-refractivity contribution is 5.93. The molecule has 2 amide bonds. The van der Waals surface area contributed by atoms with Crippen molar-refractivity contribution < 1.29 is 14.5 Å². The Kier molecular flexibility index (Phi) is 7.75. The van der Waals surface area contributed by atoms with Crippen molar-refractivity contribution in [3.8, 4) is 0 Å². The van der Waals surface area contributed by atoms with E-state index >= 15 is 0 Å². The number of hydrogen-bond acceptors (Lipinski definition) is 6. The van der Waals surface area contributed by atoms with Gasteiger partial charge in [-0.2, -0.15) is 0 Å². The van der Waals surface area contributed by atoms with Gasteiger partial charge in [0.25, 0.3) is 5.69 Å². The van der Waals surface area contributed by atoms with Crippen molar-refractivity contribution >= 4 is 29.9 Å². The average molecular weight is 372 g/mol. The largest absolute Gasteiger partial charge is 0.366 e. The molecule has 1 aromatic rings. The summed E-state index contributed by atoms with van der Waals surface area (Å²) in [5.41, 5.74) is 5.50. The monoisotopic (exact) mass is 371 g/mol. The second-order valence-corrected chi connectivity index (χ2v) is 5.77. The van der Waals surface area contributed by atoms with Gasteiger partial charge in [0.05, 0.1) is 11.5 Å². The van der Waals surface area contributed by atoms with Crippen LogP contribution < -0.4 is 11.1 Å². The van der Waals surface area contributed by atoms with Crippen LogP contribution in [-0.4, -0.2) is 66.3 Å². The third-order valence-corrected chi connectivity index (χ3v) is 3.88. The van der Waals surface area contributed by atoms with E-state index < -0.39 is 10.8 Å². The van der Waals surface area contributed by atoms with E-state index in [0.717, 1.165) is 13.1 Å². The molecule has 0 unspecified atom stereocenters. The molecule has 138 valence electrons. The molecule has 9 nitrogen and oxygen atoms in total. The molecule has 1 saturated heterocycles. The molecule has 10 heteroatoms. The van der Waals surface area contributed by atoms with E-state index in [1.54, 1.807) is 16.8 Å².